The molecule has 0 aliphatic rings. The number of halogens is 6. The zero-order valence-corrected chi connectivity index (χ0v) is 10.8. The first-order valence-electron chi connectivity index (χ1n) is 5.82. The van der Waals surface area contributed by atoms with Gasteiger partial charge in [0.15, 0.2) is 0 Å². The maximum Gasteiger partial charge on any atom is 0.471 e. The van der Waals surface area contributed by atoms with Crippen molar-refractivity contribution in [2.24, 2.45) is 0 Å². The Morgan fingerprint density at radius 1 is 0.864 bits per heavy atom. The Kier molecular flexibility index (Phi) is 5.39. The van der Waals surface area contributed by atoms with Crippen LogP contribution in [0.25, 0.3) is 0 Å². The summed E-state index contributed by atoms with van der Waals surface area (Å²) in [5.41, 5.74) is 0.373. The standard InChI is InChI=1S/C12H10F6N2O2/c13-11(14,15)9(21)19-6-5-7-1-3-8(4-2-7)20-10(22)12(16,17)18/h1-4H,5-6H2,(H,19,21)(H,20,22). The lowest BCUT2D eigenvalue weighted by molar-refractivity contribution is -0.173. The highest BCUT2D eigenvalue weighted by molar-refractivity contribution is 5.94. The molecule has 0 aliphatic heterocycles. The number of carbonyl (C=O) groups is 2. The van der Waals surface area contributed by atoms with Crippen LogP contribution >= 0.6 is 0 Å². The molecule has 0 aromatic heterocycles. The highest BCUT2D eigenvalue weighted by Crippen LogP contribution is 2.18. The lowest BCUT2D eigenvalue weighted by Gasteiger charge is -2.09. The largest absolute Gasteiger partial charge is 0.471 e. The van der Waals surface area contributed by atoms with Crippen molar-refractivity contribution in [3.63, 3.8) is 0 Å². The van der Waals surface area contributed by atoms with E-state index in [1.165, 1.54) is 24.3 Å². The number of benzene rings is 1. The van der Waals surface area contributed by atoms with Gasteiger partial charge in [-0.2, -0.15) is 26.3 Å². The molecular formula is C12H10F6N2O2. The number of rotatable bonds is 4. The fraction of sp³-hybridized carbons (Fsp3) is 0.333. The molecule has 0 saturated carbocycles. The lowest BCUT2D eigenvalue weighted by atomic mass is 10.1. The first kappa shape index (κ1) is 17.8. The van der Waals surface area contributed by atoms with Gasteiger partial charge in [0.1, 0.15) is 0 Å². The van der Waals surface area contributed by atoms with E-state index in [9.17, 15) is 35.9 Å². The van der Waals surface area contributed by atoms with Crippen LogP contribution < -0.4 is 10.6 Å². The van der Waals surface area contributed by atoms with E-state index >= 15 is 0 Å². The van der Waals surface area contributed by atoms with E-state index in [1.807, 2.05) is 0 Å². The van der Waals surface area contributed by atoms with E-state index in [1.54, 1.807) is 10.6 Å². The molecule has 1 aromatic carbocycles. The number of hydrogen-bond donors (Lipinski definition) is 2. The summed E-state index contributed by atoms with van der Waals surface area (Å²) in [6.07, 6.45) is -9.93. The van der Waals surface area contributed by atoms with Crippen LogP contribution in [0.15, 0.2) is 24.3 Å². The predicted octanol–water partition coefficient (Wildman–Crippen LogP) is 2.41. The Labute approximate surface area is 120 Å². The number of amides is 2. The first-order chi connectivity index (χ1) is 10.00. The average Bonchev–Trinajstić information content (AvgIpc) is 2.38. The minimum Gasteiger partial charge on any atom is -0.348 e. The second-order valence-electron chi connectivity index (χ2n) is 4.15. The second kappa shape index (κ2) is 6.67. The molecule has 1 rings (SSSR count). The van der Waals surface area contributed by atoms with E-state index in [0.29, 0.717) is 5.56 Å². The molecule has 122 valence electrons. The van der Waals surface area contributed by atoms with Crippen molar-refractivity contribution < 1.29 is 35.9 Å². The number of carbonyl (C=O) groups excluding carboxylic acids is 2. The summed E-state index contributed by atoms with van der Waals surface area (Å²) in [5, 5.41) is 3.28. The second-order valence-corrected chi connectivity index (χ2v) is 4.15. The Bertz CT molecular complexity index is 536. The van der Waals surface area contributed by atoms with Gasteiger partial charge in [0.25, 0.3) is 0 Å². The summed E-state index contributed by atoms with van der Waals surface area (Å²) in [5.74, 6) is -4.20. The van der Waals surface area contributed by atoms with Crippen molar-refractivity contribution in [2.45, 2.75) is 18.8 Å². The van der Waals surface area contributed by atoms with Gasteiger partial charge in [0.2, 0.25) is 0 Å². The van der Waals surface area contributed by atoms with Gasteiger partial charge in [0.05, 0.1) is 0 Å². The molecule has 0 saturated heterocycles. The molecule has 0 radical (unpaired) electrons. The van der Waals surface area contributed by atoms with E-state index in [-0.39, 0.29) is 18.7 Å². The molecule has 2 N–H and O–H groups in total. The lowest BCUT2D eigenvalue weighted by Crippen LogP contribution is -2.37. The molecule has 0 fully saturated rings. The van der Waals surface area contributed by atoms with Gasteiger partial charge in [-0.15, -0.1) is 0 Å². The third-order valence-electron chi connectivity index (χ3n) is 2.43. The summed E-state index contributed by atoms with van der Waals surface area (Å²) in [6.45, 7) is -0.285. The third kappa shape index (κ3) is 5.62. The monoisotopic (exact) mass is 328 g/mol. The van der Waals surface area contributed by atoms with Gasteiger partial charge >= 0.3 is 24.2 Å². The molecule has 22 heavy (non-hydrogen) atoms. The maximum absolute atomic E-state index is 12.0. The minimum absolute atomic E-state index is 0.0509. The summed E-state index contributed by atoms with van der Waals surface area (Å²) in [4.78, 5) is 21.2. The Morgan fingerprint density at radius 3 is 1.82 bits per heavy atom. The molecule has 0 aliphatic carbocycles. The SMILES string of the molecule is O=C(NCCc1ccc(NC(=O)C(F)(F)F)cc1)C(F)(F)F. The molecule has 0 heterocycles. The third-order valence-corrected chi connectivity index (χ3v) is 2.43. The van der Waals surface area contributed by atoms with Crippen LogP contribution in [0.5, 0.6) is 0 Å². The highest BCUT2D eigenvalue weighted by Gasteiger charge is 2.39. The average molecular weight is 328 g/mol. The van der Waals surface area contributed by atoms with Crippen molar-refractivity contribution in [3.8, 4) is 0 Å². The van der Waals surface area contributed by atoms with Crippen molar-refractivity contribution >= 4 is 17.5 Å². The van der Waals surface area contributed by atoms with Gasteiger partial charge in [-0.1, -0.05) is 12.1 Å². The van der Waals surface area contributed by atoms with E-state index in [4.69, 9.17) is 0 Å². The molecule has 4 nitrogen and oxygen atoms in total. The molecule has 0 unspecified atom stereocenters. The summed E-state index contributed by atoms with van der Waals surface area (Å²) < 4.78 is 71.7. The van der Waals surface area contributed by atoms with Crippen molar-refractivity contribution in [1.29, 1.82) is 0 Å². The summed E-state index contributed by atoms with van der Waals surface area (Å²) >= 11 is 0. The molecule has 0 spiro atoms. The van der Waals surface area contributed by atoms with Crippen LogP contribution in [0.3, 0.4) is 0 Å². The number of anilines is 1. The Hall–Kier alpha value is -2.26. The van der Waals surface area contributed by atoms with Gasteiger partial charge in [-0.05, 0) is 24.1 Å². The van der Waals surface area contributed by atoms with Crippen molar-refractivity contribution in [2.75, 3.05) is 11.9 Å². The molecule has 10 heteroatoms. The van der Waals surface area contributed by atoms with Crippen LogP contribution in [0.4, 0.5) is 32.0 Å². The normalized spacial score (nSPS) is 11.9. The summed E-state index contributed by atoms with van der Waals surface area (Å²) in [6, 6.07) is 4.99. The van der Waals surface area contributed by atoms with Gasteiger partial charge in [-0.25, -0.2) is 0 Å². The van der Waals surface area contributed by atoms with Crippen LogP contribution in [0, 0.1) is 0 Å². The Balaban J connectivity index is 2.49. The number of nitrogens with one attached hydrogen (secondary N) is 2. The molecule has 0 bridgehead atoms. The molecule has 1 aromatic rings. The number of alkyl halides is 6. The Morgan fingerprint density at radius 2 is 1.36 bits per heavy atom. The zero-order chi connectivity index (χ0) is 17.0. The smallest absolute Gasteiger partial charge is 0.348 e. The zero-order valence-electron chi connectivity index (χ0n) is 10.8. The van der Waals surface area contributed by atoms with Gasteiger partial charge in [0, 0.05) is 12.2 Å². The minimum atomic E-state index is -5.01. The number of hydrogen-bond acceptors (Lipinski definition) is 2. The van der Waals surface area contributed by atoms with Crippen LogP contribution in [0.1, 0.15) is 5.56 Å². The quantitative estimate of drug-likeness (QED) is 0.834. The fourth-order valence-electron chi connectivity index (χ4n) is 1.38. The van der Waals surface area contributed by atoms with E-state index < -0.39 is 24.2 Å². The fourth-order valence-corrected chi connectivity index (χ4v) is 1.38. The van der Waals surface area contributed by atoms with Gasteiger partial charge in [-0.3, -0.25) is 9.59 Å². The van der Waals surface area contributed by atoms with Gasteiger partial charge < -0.3 is 10.6 Å². The van der Waals surface area contributed by atoms with Crippen molar-refractivity contribution in [1.82, 2.24) is 5.32 Å². The van der Waals surface area contributed by atoms with Crippen LogP contribution in [0.2, 0.25) is 0 Å². The molecule has 0 atom stereocenters. The summed E-state index contributed by atoms with van der Waals surface area (Å²) in [7, 11) is 0. The first-order valence-corrected chi connectivity index (χ1v) is 5.82. The van der Waals surface area contributed by atoms with Crippen LogP contribution in [-0.2, 0) is 16.0 Å². The van der Waals surface area contributed by atoms with E-state index in [0.717, 1.165) is 0 Å². The van der Waals surface area contributed by atoms with E-state index in [2.05, 4.69) is 0 Å². The maximum atomic E-state index is 12.0. The molecule has 2 amide bonds. The predicted molar refractivity (Wildman–Crippen MR) is 63.9 cm³/mol. The topological polar surface area (TPSA) is 58.2 Å². The highest BCUT2D eigenvalue weighted by atomic mass is 19.4. The van der Waals surface area contributed by atoms with Crippen LogP contribution in [-0.4, -0.2) is 30.7 Å². The molecular weight excluding hydrogens is 318 g/mol. The van der Waals surface area contributed by atoms with Crippen molar-refractivity contribution in [3.05, 3.63) is 29.8 Å².